The second-order valence-electron chi connectivity index (χ2n) is 3.48. The number of hydrogen-bond acceptors (Lipinski definition) is 4. The van der Waals surface area contributed by atoms with Gasteiger partial charge < -0.3 is 5.32 Å². The van der Waals surface area contributed by atoms with Crippen LogP contribution in [0.4, 0.5) is 0 Å². The van der Waals surface area contributed by atoms with Crippen LogP contribution in [-0.4, -0.2) is 43.6 Å². The molecule has 0 aromatic heterocycles. The summed E-state index contributed by atoms with van der Waals surface area (Å²) in [6.07, 6.45) is 0. The Balaban J connectivity index is 2.87. The summed E-state index contributed by atoms with van der Waals surface area (Å²) in [5.74, 6) is 0. The van der Waals surface area contributed by atoms with E-state index >= 15 is 0 Å². The molecule has 1 N–H and O–H groups in total. The van der Waals surface area contributed by atoms with Gasteiger partial charge in [-0.2, -0.15) is 9.57 Å². The first-order chi connectivity index (χ1) is 6.50. The van der Waals surface area contributed by atoms with Gasteiger partial charge in [-0.25, -0.2) is 8.42 Å². The summed E-state index contributed by atoms with van der Waals surface area (Å²) >= 11 is 0. The largest absolute Gasteiger partial charge is 0.314 e. The summed E-state index contributed by atoms with van der Waals surface area (Å²) in [4.78, 5) is 0. The summed E-state index contributed by atoms with van der Waals surface area (Å²) in [7, 11) is -3.43. The van der Waals surface area contributed by atoms with Crippen LogP contribution in [0.5, 0.6) is 0 Å². The molecule has 1 fully saturated rings. The summed E-state index contributed by atoms with van der Waals surface area (Å²) < 4.78 is 25.0. The lowest BCUT2D eigenvalue weighted by Crippen LogP contribution is -2.53. The van der Waals surface area contributed by atoms with Gasteiger partial charge in [-0.05, 0) is 13.8 Å². The second-order valence-corrected chi connectivity index (χ2v) is 5.69. The van der Waals surface area contributed by atoms with Crippen LogP contribution >= 0.6 is 0 Å². The molecule has 5 nitrogen and oxygen atoms in total. The predicted molar refractivity (Wildman–Crippen MR) is 53.0 cm³/mol. The first-order valence-electron chi connectivity index (χ1n) is 4.61. The Bertz CT molecular complexity index is 333. The molecule has 0 aromatic carbocycles. The van der Waals surface area contributed by atoms with E-state index in [1.807, 2.05) is 6.92 Å². The lowest BCUT2D eigenvalue weighted by Gasteiger charge is -2.33. The highest BCUT2D eigenvalue weighted by atomic mass is 32.2. The van der Waals surface area contributed by atoms with Crippen molar-refractivity contribution in [2.45, 2.75) is 25.1 Å². The van der Waals surface area contributed by atoms with Crippen molar-refractivity contribution in [3.63, 3.8) is 0 Å². The zero-order chi connectivity index (χ0) is 10.8. The number of rotatable bonds is 2. The lowest BCUT2D eigenvalue weighted by atomic mass is 10.3. The zero-order valence-corrected chi connectivity index (χ0v) is 9.21. The molecule has 80 valence electrons. The first-order valence-corrected chi connectivity index (χ1v) is 6.11. The molecule has 0 spiro atoms. The molecule has 14 heavy (non-hydrogen) atoms. The minimum atomic E-state index is -3.43. The highest BCUT2D eigenvalue weighted by Crippen LogP contribution is 2.13. The van der Waals surface area contributed by atoms with Crippen molar-refractivity contribution in [3.05, 3.63) is 0 Å². The fourth-order valence-electron chi connectivity index (χ4n) is 1.47. The minimum Gasteiger partial charge on any atom is -0.314 e. The van der Waals surface area contributed by atoms with E-state index in [-0.39, 0.29) is 6.04 Å². The predicted octanol–water partition coefficient (Wildman–Crippen LogP) is -0.478. The summed E-state index contributed by atoms with van der Waals surface area (Å²) in [5, 5.41) is 10.8. The summed E-state index contributed by atoms with van der Waals surface area (Å²) in [5.41, 5.74) is 0. The Hall–Kier alpha value is -0.640. The molecule has 1 heterocycles. The van der Waals surface area contributed by atoms with E-state index in [0.717, 1.165) is 0 Å². The van der Waals surface area contributed by atoms with E-state index in [1.54, 1.807) is 6.07 Å². The monoisotopic (exact) mass is 217 g/mol. The molecular formula is C8H15N3O2S. The SMILES string of the molecule is CC(C#N)S(=O)(=O)N1CCNC[C@@H]1C. The highest BCUT2D eigenvalue weighted by Gasteiger charge is 2.33. The van der Waals surface area contributed by atoms with E-state index < -0.39 is 15.3 Å². The van der Waals surface area contributed by atoms with Crippen molar-refractivity contribution >= 4 is 10.0 Å². The smallest absolute Gasteiger partial charge is 0.230 e. The van der Waals surface area contributed by atoms with Crippen molar-refractivity contribution < 1.29 is 8.42 Å². The van der Waals surface area contributed by atoms with Gasteiger partial charge in [0.15, 0.2) is 5.25 Å². The van der Waals surface area contributed by atoms with Gasteiger partial charge in [0, 0.05) is 25.7 Å². The Morgan fingerprint density at radius 3 is 2.79 bits per heavy atom. The molecule has 0 aromatic rings. The van der Waals surface area contributed by atoms with E-state index in [1.165, 1.54) is 11.2 Å². The third-order valence-corrected chi connectivity index (χ3v) is 4.59. The second kappa shape index (κ2) is 4.26. The molecule has 6 heteroatoms. The number of nitriles is 1. The van der Waals surface area contributed by atoms with Gasteiger partial charge in [0.2, 0.25) is 10.0 Å². The molecule has 0 amide bonds. The topological polar surface area (TPSA) is 73.2 Å². The number of nitrogens with zero attached hydrogens (tertiary/aromatic N) is 2. The fraction of sp³-hybridized carbons (Fsp3) is 0.875. The number of sulfonamides is 1. The van der Waals surface area contributed by atoms with Gasteiger partial charge in [-0.1, -0.05) is 0 Å². The van der Waals surface area contributed by atoms with Gasteiger partial charge in [0.25, 0.3) is 0 Å². The van der Waals surface area contributed by atoms with Crippen LogP contribution in [-0.2, 0) is 10.0 Å². The van der Waals surface area contributed by atoms with E-state index in [0.29, 0.717) is 19.6 Å². The zero-order valence-electron chi connectivity index (χ0n) is 8.40. The van der Waals surface area contributed by atoms with Crippen LogP contribution in [0.15, 0.2) is 0 Å². The van der Waals surface area contributed by atoms with E-state index in [4.69, 9.17) is 5.26 Å². The molecule has 1 saturated heterocycles. The van der Waals surface area contributed by atoms with Gasteiger partial charge in [-0.3, -0.25) is 0 Å². The maximum absolute atomic E-state index is 11.8. The molecule has 1 unspecified atom stereocenters. The summed E-state index contributed by atoms with van der Waals surface area (Å²) in [6, 6.07) is 1.71. The van der Waals surface area contributed by atoms with Crippen molar-refractivity contribution in [2.75, 3.05) is 19.6 Å². The minimum absolute atomic E-state index is 0.0652. The van der Waals surface area contributed by atoms with Crippen molar-refractivity contribution in [2.24, 2.45) is 0 Å². The Kier molecular flexibility index (Phi) is 3.48. The van der Waals surface area contributed by atoms with Crippen LogP contribution in [0.3, 0.4) is 0 Å². The van der Waals surface area contributed by atoms with E-state index in [2.05, 4.69) is 5.32 Å². The normalized spacial score (nSPS) is 26.8. The molecule has 0 bridgehead atoms. The molecule has 2 atom stereocenters. The molecular weight excluding hydrogens is 202 g/mol. The van der Waals surface area contributed by atoms with Crippen LogP contribution < -0.4 is 5.32 Å². The van der Waals surface area contributed by atoms with Gasteiger partial charge in [-0.15, -0.1) is 0 Å². The molecule has 0 saturated carbocycles. The van der Waals surface area contributed by atoms with Crippen LogP contribution in [0.25, 0.3) is 0 Å². The molecule has 1 aliphatic heterocycles. The van der Waals surface area contributed by atoms with Crippen molar-refractivity contribution in [3.8, 4) is 6.07 Å². The number of nitrogens with one attached hydrogen (secondary N) is 1. The first kappa shape index (κ1) is 11.4. The third-order valence-electron chi connectivity index (χ3n) is 2.40. The fourth-order valence-corrected chi connectivity index (χ4v) is 2.93. The van der Waals surface area contributed by atoms with Gasteiger partial charge in [0.05, 0.1) is 6.07 Å². The molecule has 1 aliphatic rings. The van der Waals surface area contributed by atoms with Crippen molar-refractivity contribution in [1.29, 1.82) is 5.26 Å². The Morgan fingerprint density at radius 2 is 2.29 bits per heavy atom. The Labute approximate surface area is 84.8 Å². The Morgan fingerprint density at radius 1 is 1.64 bits per heavy atom. The molecule has 0 radical (unpaired) electrons. The average molecular weight is 217 g/mol. The van der Waals surface area contributed by atoms with Gasteiger partial charge in [0.1, 0.15) is 0 Å². The van der Waals surface area contributed by atoms with Crippen molar-refractivity contribution in [1.82, 2.24) is 9.62 Å². The molecule has 0 aliphatic carbocycles. The van der Waals surface area contributed by atoms with Gasteiger partial charge >= 0.3 is 0 Å². The summed E-state index contributed by atoms with van der Waals surface area (Å²) in [6.45, 7) is 5.02. The quantitative estimate of drug-likeness (QED) is 0.678. The average Bonchev–Trinajstić information content (AvgIpc) is 2.17. The number of piperazine rings is 1. The van der Waals surface area contributed by atoms with Crippen LogP contribution in [0.2, 0.25) is 0 Å². The third kappa shape index (κ3) is 2.05. The molecule has 1 rings (SSSR count). The maximum atomic E-state index is 11.8. The standard InChI is InChI=1S/C8H15N3O2S/c1-7-6-10-3-4-11(7)14(12,13)8(2)5-9/h7-8,10H,3-4,6H2,1-2H3/t7-,8?/m0/s1. The highest BCUT2D eigenvalue weighted by molar-refractivity contribution is 7.90. The maximum Gasteiger partial charge on any atom is 0.230 e. The lowest BCUT2D eigenvalue weighted by molar-refractivity contribution is 0.283. The van der Waals surface area contributed by atoms with Crippen LogP contribution in [0.1, 0.15) is 13.8 Å². The number of hydrogen-bond donors (Lipinski definition) is 1. The van der Waals surface area contributed by atoms with Crippen LogP contribution in [0, 0.1) is 11.3 Å². The van der Waals surface area contributed by atoms with E-state index in [9.17, 15) is 8.42 Å².